The zero-order valence-corrected chi connectivity index (χ0v) is 14.3. The summed E-state index contributed by atoms with van der Waals surface area (Å²) in [5, 5.41) is 0. The van der Waals surface area contributed by atoms with E-state index < -0.39 is 5.60 Å². The van der Waals surface area contributed by atoms with Crippen LogP contribution in [0.2, 0.25) is 0 Å². The lowest BCUT2D eigenvalue weighted by atomic mass is 9.80. The largest absolute Gasteiger partial charge is 0.497 e. The Kier molecular flexibility index (Phi) is 4.96. The highest BCUT2D eigenvalue weighted by atomic mass is 16.5. The lowest BCUT2D eigenvalue weighted by molar-refractivity contribution is 0.0584. The van der Waals surface area contributed by atoms with Crippen LogP contribution in [0.25, 0.3) is 0 Å². The van der Waals surface area contributed by atoms with Crippen molar-refractivity contribution >= 4 is 6.29 Å². The molecule has 0 aliphatic heterocycles. The second kappa shape index (κ2) is 7.32. The lowest BCUT2D eigenvalue weighted by Gasteiger charge is -2.34. The SMILES string of the molecule is COc1ccc(C(OC)(c2ccccc2)c2ccc(C=O)cc2)cc1. The number of ether oxygens (including phenoxy) is 2. The fourth-order valence-corrected chi connectivity index (χ4v) is 3.15. The van der Waals surface area contributed by atoms with Gasteiger partial charge < -0.3 is 9.47 Å². The first kappa shape index (κ1) is 16.9. The molecular weight excluding hydrogens is 312 g/mol. The minimum atomic E-state index is -0.769. The molecule has 0 spiro atoms. The van der Waals surface area contributed by atoms with Crippen LogP contribution in [0.3, 0.4) is 0 Å². The number of aldehydes is 1. The molecule has 0 radical (unpaired) electrons. The van der Waals surface area contributed by atoms with E-state index in [2.05, 4.69) is 0 Å². The molecule has 0 saturated carbocycles. The van der Waals surface area contributed by atoms with Crippen LogP contribution in [0.4, 0.5) is 0 Å². The topological polar surface area (TPSA) is 35.5 Å². The van der Waals surface area contributed by atoms with Gasteiger partial charge in [0.1, 0.15) is 17.6 Å². The van der Waals surface area contributed by atoms with E-state index in [1.165, 1.54) is 0 Å². The van der Waals surface area contributed by atoms with Gasteiger partial charge in [-0.3, -0.25) is 4.79 Å². The van der Waals surface area contributed by atoms with Crippen LogP contribution < -0.4 is 4.74 Å². The molecule has 0 fully saturated rings. The smallest absolute Gasteiger partial charge is 0.150 e. The number of benzene rings is 3. The molecule has 126 valence electrons. The predicted molar refractivity (Wildman–Crippen MR) is 98.2 cm³/mol. The number of carbonyl (C=O) groups is 1. The summed E-state index contributed by atoms with van der Waals surface area (Å²) in [6.07, 6.45) is 0.841. The maximum absolute atomic E-state index is 11.0. The van der Waals surface area contributed by atoms with E-state index in [9.17, 15) is 4.79 Å². The van der Waals surface area contributed by atoms with Crippen LogP contribution in [0.15, 0.2) is 78.9 Å². The van der Waals surface area contributed by atoms with E-state index in [-0.39, 0.29) is 0 Å². The van der Waals surface area contributed by atoms with Crippen molar-refractivity contribution in [1.82, 2.24) is 0 Å². The molecular formula is C22H20O3. The van der Waals surface area contributed by atoms with Gasteiger partial charge in [0.25, 0.3) is 0 Å². The molecule has 0 bridgehead atoms. The van der Waals surface area contributed by atoms with E-state index in [0.29, 0.717) is 5.56 Å². The fraction of sp³-hybridized carbons (Fsp3) is 0.136. The van der Waals surface area contributed by atoms with Crippen molar-refractivity contribution < 1.29 is 14.3 Å². The summed E-state index contributed by atoms with van der Waals surface area (Å²) in [7, 11) is 3.35. The van der Waals surface area contributed by atoms with Crippen molar-refractivity contribution in [2.24, 2.45) is 0 Å². The van der Waals surface area contributed by atoms with Gasteiger partial charge in [0.2, 0.25) is 0 Å². The third-order valence-electron chi connectivity index (χ3n) is 4.44. The monoisotopic (exact) mass is 332 g/mol. The quantitative estimate of drug-likeness (QED) is 0.494. The standard InChI is InChI=1S/C22H20O3/c1-24-21-14-12-20(13-15-21)22(25-2,18-6-4-3-5-7-18)19-10-8-17(16-23)9-11-19/h3-16H,1-2H3. The summed E-state index contributed by atoms with van der Waals surface area (Å²) in [6.45, 7) is 0. The summed E-state index contributed by atoms with van der Waals surface area (Å²) in [5.41, 5.74) is 2.82. The van der Waals surface area contributed by atoms with Gasteiger partial charge in [-0.2, -0.15) is 0 Å². The maximum Gasteiger partial charge on any atom is 0.150 e. The van der Waals surface area contributed by atoms with Crippen molar-refractivity contribution in [3.05, 3.63) is 101 Å². The first-order valence-corrected chi connectivity index (χ1v) is 8.05. The maximum atomic E-state index is 11.0. The Morgan fingerprint density at radius 2 is 1.24 bits per heavy atom. The summed E-state index contributed by atoms with van der Waals surface area (Å²) >= 11 is 0. The van der Waals surface area contributed by atoms with Gasteiger partial charge in [-0.1, -0.05) is 66.7 Å². The Bertz CT molecular complexity index is 823. The average molecular weight is 332 g/mol. The van der Waals surface area contributed by atoms with E-state index in [4.69, 9.17) is 9.47 Å². The summed E-state index contributed by atoms with van der Waals surface area (Å²) in [4.78, 5) is 11.0. The summed E-state index contributed by atoms with van der Waals surface area (Å²) < 4.78 is 11.4. The predicted octanol–water partition coefficient (Wildman–Crippen LogP) is 4.45. The molecule has 0 heterocycles. The zero-order chi connectivity index (χ0) is 17.7. The summed E-state index contributed by atoms with van der Waals surface area (Å²) in [6, 6.07) is 25.4. The molecule has 0 aliphatic carbocycles. The van der Waals surface area contributed by atoms with Crippen molar-refractivity contribution in [3.8, 4) is 5.75 Å². The van der Waals surface area contributed by atoms with Crippen molar-refractivity contribution in [2.75, 3.05) is 14.2 Å². The molecule has 3 rings (SSSR count). The Morgan fingerprint density at radius 3 is 1.72 bits per heavy atom. The van der Waals surface area contributed by atoms with Gasteiger partial charge in [0.15, 0.2) is 0 Å². The highest BCUT2D eigenvalue weighted by Crippen LogP contribution is 2.40. The van der Waals surface area contributed by atoms with E-state index in [1.807, 2.05) is 78.9 Å². The van der Waals surface area contributed by atoms with Gasteiger partial charge in [-0.25, -0.2) is 0 Å². The molecule has 0 N–H and O–H groups in total. The molecule has 0 aromatic heterocycles. The third-order valence-corrected chi connectivity index (χ3v) is 4.44. The molecule has 0 aliphatic rings. The van der Waals surface area contributed by atoms with Crippen LogP contribution in [0.5, 0.6) is 5.75 Å². The Morgan fingerprint density at radius 1 is 0.720 bits per heavy atom. The molecule has 0 saturated heterocycles. The van der Waals surface area contributed by atoms with Gasteiger partial charge >= 0.3 is 0 Å². The molecule has 0 amide bonds. The summed E-state index contributed by atoms with van der Waals surface area (Å²) in [5.74, 6) is 0.790. The van der Waals surface area contributed by atoms with Crippen LogP contribution in [-0.2, 0) is 10.3 Å². The second-order valence-electron chi connectivity index (χ2n) is 5.72. The second-order valence-corrected chi connectivity index (χ2v) is 5.72. The fourth-order valence-electron chi connectivity index (χ4n) is 3.15. The van der Waals surface area contributed by atoms with Crippen LogP contribution in [0.1, 0.15) is 27.0 Å². The van der Waals surface area contributed by atoms with Crippen molar-refractivity contribution in [1.29, 1.82) is 0 Å². The average Bonchev–Trinajstić information content (AvgIpc) is 2.71. The minimum absolute atomic E-state index is 0.636. The van der Waals surface area contributed by atoms with Crippen LogP contribution in [-0.4, -0.2) is 20.5 Å². The number of hydrogen-bond acceptors (Lipinski definition) is 3. The highest BCUT2D eigenvalue weighted by molar-refractivity contribution is 5.74. The molecule has 3 heteroatoms. The Balaban J connectivity index is 2.23. The Hall–Kier alpha value is -2.91. The van der Waals surface area contributed by atoms with Crippen molar-refractivity contribution in [2.45, 2.75) is 5.60 Å². The van der Waals surface area contributed by atoms with Crippen LogP contribution >= 0.6 is 0 Å². The van der Waals surface area contributed by atoms with E-state index >= 15 is 0 Å². The van der Waals surface area contributed by atoms with Gasteiger partial charge in [0.05, 0.1) is 7.11 Å². The normalized spacial score (nSPS) is 13.0. The number of methoxy groups -OCH3 is 2. The lowest BCUT2D eigenvalue weighted by Crippen LogP contribution is -2.31. The Labute approximate surface area is 147 Å². The molecule has 1 atom stereocenters. The first-order valence-electron chi connectivity index (χ1n) is 8.05. The molecule has 1 unspecified atom stereocenters. The number of rotatable bonds is 6. The van der Waals surface area contributed by atoms with Gasteiger partial charge in [-0.15, -0.1) is 0 Å². The van der Waals surface area contributed by atoms with Crippen LogP contribution in [0, 0.1) is 0 Å². The third kappa shape index (κ3) is 3.06. The minimum Gasteiger partial charge on any atom is -0.497 e. The number of carbonyl (C=O) groups excluding carboxylic acids is 1. The van der Waals surface area contributed by atoms with Crippen molar-refractivity contribution in [3.63, 3.8) is 0 Å². The number of hydrogen-bond donors (Lipinski definition) is 0. The van der Waals surface area contributed by atoms with Gasteiger partial charge in [-0.05, 0) is 28.8 Å². The highest BCUT2D eigenvalue weighted by Gasteiger charge is 2.36. The van der Waals surface area contributed by atoms with Gasteiger partial charge in [0, 0.05) is 12.7 Å². The first-order chi connectivity index (χ1) is 12.2. The van der Waals surface area contributed by atoms with E-state index in [1.54, 1.807) is 14.2 Å². The molecule has 25 heavy (non-hydrogen) atoms. The molecule has 3 nitrogen and oxygen atoms in total. The zero-order valence-electron chi connectivity index (χ0n) is 14.3. The van der Waals surface area contributed by atoms with E-state index in [0.717, 1.165) is 28.7 Å². The molecule has 3 aromatic rings. The molecule has 3 aromatic carbocycles.